The van der Waals surface area contributed by atoms with E-state index < -0.39 is 12.0 Å². The molecule has 4 N–H and O–H groups in total. The molecule has 2 heterocycles. The number of carbonyl (C=O) groups excluding carboxylic acids is 2. The molecule has 1 amide bonds. The summed E-state index contributed by atoms with van der Waals surface area (Å²) in [6.07, 6.45) is 6.71. The molecule has 7 heteroatoms. The van der Waals surface area contributed by atoms with E-state index in [-0.39, 0.29) is 12.3 Å². The SMILES string of the molecule is O=C(CC([NH2+]Cc1ccc[nH+]c1)C(=O)[O-])NCc1cccnc1. The molecule has 0 spiro atoms. The molecule has 0 radical (unpaired) electrons. The largest absolute Gasteiger partial charge is 0.544 e. The van der Waals surface area contributed by atoms with Crippen LogP contribution >= 0.6 is 0 Å². The highest BCUT2D eigenvalue weighted by Crippen LogP contribution is 1.96. The molecule has 120 valence electrons. The topological polar surface area (TPSA) is 113 Å². The van der Waals surface area contributed by atoms with Gasteiger partial charge in [0.1, 0.15) is 12.6 Å². The second kappa shape index (κ2) is 8.60. The third kappa shape index (κ3) is 5.84. The summed E-state index contributed by atoms with van der Waals surface area (Å²) < 4.78 is 0. The first-order chi connectivity index (χ1) is 11.1. The van der Waals surface area contributed by atoms with Gasteiger partial charge in [0.15, 0.2) is 12.4 Å². The number of nitrogens with zero attached hydrogens (tertiary/aromatic N) is 1. The second-order valence-electron chi connectivity index (χ2n) is 5.12. The van der Waals surface area contributed by atoms with Crippen molar-refractivity contribution < 1.29 is 25.0 Å². The fourth-order valence-corrected chi connectivity index (χ4v) is 2.07. The van der Waals surface area contributed by atoms with Crippen molar-refractivity contribution in [3.05, 3.63) is 60.2 Å². The lowest BCUT2D eigenvalue weighted by molar-refractivity contribution is -0.697. The number of rotatable bonds is 8. The van der Waals surface area contributed by atoms with Crippen LogP contribution in [0.25, 0.3) is 0 Å². The number of nitrogens with two attached hydrogens (primary N) is 1. The van der Waals surface area contributed by atoms with Crippen molar-refractivity contribution in [2.75, 3.05) is 0 Å². The fourth-order valence-electron chi connectivity index (χ4n) is 2.07. The number of H-pyrrole nitrogens is 1. The summed E-state index contributed by atoms with van der Waals surface area (Å²) in [5, 5.41) is 15.5. The van der Waals surface area contributed by atoms with Gasteiger partial charge in [-0.3, -0.25) is 9.78 Å². The Morgan fingerprint density at radius 2 is 2.13 bits per heavy atom. The van der Waals surface area contributed by atoms with Gasteiger partial charge >= 0.3 is 0 Å². The first-order valence-corrected chi connectivity index (χ1v) is 7.30. The molecule has 1 unspecified atom stereocenters. The highest BCUT2D eigenvalue weighted by Gasteiger charge is 2.18. The van der Waals surface area contributed by atoms with E-state index in [1.165, 1.54) is 0 Å². The quantitative estimate of drug-likeness (QED) is 0.575. The Bertz CT molecular complexity index is 634. The molecule has 2 rings (SSSR count). The molecule has 0 aliphatic carbocycles. The maximum Gasteiger partial charge on any atom is 0.226 e. The minimum absolute atomic E-state index is 0.140. The summed E-state index contributed by atoms with van der Waals surface area (Å²) in [6.45, 7) is 0.770. The van der Waals surface area contributed by atoms with Gasteiger partial charge in [-0.05, 0) is 17.7 Å². The monoisotopic (exact) mass is 315 g/mol. The maximum absolute atomic E-state index is 11.9. The lowest BCUT2D eigenvalue weighted by Gasteiger charge is -2.16. The summed E-state index contributed by atoms with van der Waals surface area (Å²) in [4.78, 5) is 30.0. The molecule has 23 heavy (non-hydrogen) atoms. The Morgan fingerprint density at radius 3 is 2.78 bits per heavy atom. The Labute approximate surface area is 133 Å². The molecule has 0 aliphatic heterocycles. The predicted octanol–water partition coefficient (Wildman–Crippen LogP) is -2.22. The molecule has 0 aliphatic rings. The van der Waals surface area contributed by atoms with Gasteiger partial charge in [-0.2, -0.15) is 0 Å². The molecule has 7 nitrogen and oxygen atoms in total. The summed E-state index contributed by atoms with van der Waals surface area (Å²) in [5.74, 6) is -1.58. The van der Waals surface area contributed by atoms with Crippen LogP contribution < -0.4 is 20.7 Å². The number of hydrogen-bond donors (Lipinski definition) is 2. The van der Waals surface area contributed by atoms with E-state index in [4.69, 9.17) is 0 Å². The molecule has 2 aromatic rings. The number of quaternary nitrogens is 1. The van der Waals surface area contributed by atoms with Crippen LogP contribution in [-0.4, -0.2) is 22.9 Å². The highest BCUT2D eigenvalue weighted by atomic mass is 16.4. The fraction of sp³-hybridized carbons (Fsp3) is 0.250. The Morgan fingerprint density at radius 1 is 1.30 bits per heavy atom. The van der Waals surface area contributed by atoms with Crippen LogP contribution in [0.2, 0.25) is 0 Å². The van der Waals surface area contributed by atoms with E-state index in [0.717, 1.165) is 11.1 Å². The van der Waals surface area contributed by atoms with Crippen LogP contribution in [0.15, 0.2) is 49.1 Å². The lowest BCUT2D eigenvalue weighted by Crippen LogP contribution is -2.92. The minimum Gasteiger partial charge on any atom is -0.544 e. The average Bonchev–Trinajstić information content (AvgIpc) is 2.58. The Kier molecular flexibility index (Phi) is 6.19. The number of aliphatic carboxylic acids is 1. The van der Waals surface area contributed by atoms with E-state index in [9.17, 15) is 14.7 Å². The van der Waals surface area contributed by atoms with Gasteiger partial charge in [-0.1, -0.05) is 6.07 Å². The van der Waals surface area contributed by atoms with E-state index in [1.807, 2.05) is 18.2 Å². The standard InChI is InChI=1S/C16H18N4O3/c21-15(20-11-13-4-2-6-18-9-13)7-14(16(22)23)19-10-12-3-1-5-17-8-12/h1-6,8-9,14,19H,7,10-11H2,(H,20,21)(H,22,23)/p+1. The van der Waals surface area contributed by atoms with E-state index >= 15 is 0 Å². The number of carboxylic acids is 1. The second-order valence-corrected chi connectivity index (χ2v) is 5.12. The number of nitrogens with one attached hydrogen (secondary N) is 2. The predicted molar refractivity (Wildman–Crippen MR) is 78.1 cm³/mol. The summed E-state index contributed by atoms with van der Waals surface area (Å²) in [7, 11) is 0. The molecular weight excluding hydrogens is 296 g/mol. The molecule has 1 atom stereocenters. The number of hydrogen-bond acceptors (Lipinski definition) is 4. The zero-order valence-corrected chi connectivity index (χ0v) is 12.6. The molecule has 2 aromatic heterocycles. The van der Waals surface area contributed by atoms with Crippen LogP contribution in [0.5, 0.6) is 0 Å². The van der Waals surface area contributed by atoms with Crippen molar-refractivity contribution in [1.82, 2.24) is 10.3 Å². The number of amides is 1. The van der Waals surface area contributed by atoms with Crippen LogP contribution in [0.1, 0.15) is 17.5 Å². The van der Waals surface area contributed by atoms with Gasteiger partial charge in [0.2, 0.25) is 5.91 Å². The van der Waals surface area contributed by atoms with Crippen molar-refractivity contribution in [1.29, 1.82) is 0 Å². The summed E-state index contributed by atoms with van der Waals surface area (Å²) in [5.41, 5.74) is 1.80. The molecule has 0 saturated heterocycles. The normalized spacial score (nSPS) is 11.7. The first kappa shape index (κ1) is 16.6. The summed E-state index contributed by atoms with van der Waals surface area (Å²) >= 11 is 0. The Hall–Kier alpha value is -2.80. The van der Waals surface area contributed by atoms with E-state index in [1.54, 1.807) is 36.2 Å². The number of aromatic amines is 1. The van der Waals surface area contributed by atoms with Crippen LogP contribution in [-0.2, 0) is 22.7 Å². The number of aromatic nitrogens is 2. The minimum atomic E-state index is -1.25. The van der Waals surface area contributed by atoms with Crippen molar-refractivity contribution in [3.63, 3.8) is 0 Å². The number of pyridine rings is 2. The van der Waals surface area contributed by atoms with Crippen molar-refractivity contribution in [2.45, 2.75) is 25.6 Å². The zero-order chi connectivity index (χ0) is 16.5. The van der Waals surface area contributed by atoms with E-state index in [2.05, 4.69) is 15.3 Å². The van der Waals surface area contributed by atoms with Crippen LogP contribution in [0.4, 0.5) is 0 Å². The smallest absolute Gasteiger partial charge is 0.226 e. The molecular formula is C16H19N4O3+. The number of carboxylic acid groups (broad SMARTS) is 1. The van der Waals surface area contributed by atoms with Gasteiger partial charge < -0.3 is 20.5 Å². The lowest BCUT2D eigenvalue weighted by atomic mass is 10.1. The van der Waals surface area contributed by atoms with Crippen LogP contribution in [0, 0.1) is 0 Å². The zero-order valence-electron chi connectivity index (χ0n) is 12.6. The van der Waals surface area contributed by atoms with Crippen molar-refractivity contribution >= 4 is 11.9 Å². The molecule has 0 aromatic carbocycles. The third-order valence-electron chi connectivity index (χ3n) is 3.33. The first-order valence-electron chi connectivity index (χ1n) is 7.30. The summed E-state index contributed by atoms with van der Waals surface area (Å²) in [6, 6.07) is 6.39. The van der Waals surface area contributed by atoms with Gasteiger partial charge in [0.25, 0.3) is 0 Å². The molecule has 0 bridgehead atoms. The van der Waals surface area contributed by atoms with Crippen molar-refractivity contribution in [3.8, 4) is 0 Å². The van der Waals surface area contributed by atoms with Crippen LogP contribution in [0.3, 0.4) is 0 Å². The van der Waals surface area contributed by atoms with Gasteiger partial charge in [0, 0.05) is 25.0 Å². The molecule has 0 saturated carbocycles. The molecule has 0 fully saturated rings. The average molecular weight is 315 g/mol. The maximum atomic E-state index is 11.9. The highest BCUT2D eigenvalue weighted by molar-refractivity contribution is 5.82. The Balaban J connectivity index is 1.81. The van der Waals surface area contributed by atoms with Gasteiger partial charge in [0.05, 0.1) is 18.0 Å². The third-order valence-corrected chi connectivity index (χ3v) is 3.33. The van der Waals surface area contributed by atoms with E-state index in [0.29, 0.717) is 13.1 Å². The van der Waals surface area contributed by atoms with Gasteiger partial charge in [-0.25, -0.2) is 4.98 Å². The van der Waals surface area contributed by atoms with Gasteiger partial charge in [-0.15, -0.1) is 0 Å². The number of carbonyl (C=O) groups is 2. The van der Waals surface area contributed by atoms with Crippen molar-refractivity contribution in [2.24, 2.45) is 0 Å².